The number of hydrogen-bond acceptors (Lipinski definition) is 4. The van der Waals surface area contributed by atoms with Crippen molar-refractivity contribution < 1.29 is 13.2 Å². The summed E-state index contributed by atoms with van der Waals surface area (Å²) in [5, 5.41) is 3.50. The molecule has 0 aliphatic carbocycles. The van der Waals surface area contributed by atoms with Gasteiger partial charge in [-0.3, -0.25) is 4.79 Å². The SMILES string of the molecule is CS(=O)(=O)c1ccc(-c2cc3c(-c4ccccc4CN)cccc3[nH]2)cc1.O=C1C=CN1. The Labute approximate surface area is 186 Å². The molecule has 162 valence electrons. The van der Waals surface area contributed by atoms with E-state index in [0.717, 1.165) is 38.9 Å². The first-order valence-electron chi connectivity index (χ1n) is 10.0. The smallest absolute Gasteiger partial charge is 0.249 e. The van der Waals surface area contributed by atoms with Gasteiger partial charge in [0, 0.05) is 41.7 Å². The highest BCUT2D eigenvalue weighted by Gasteiger charge is 2.12. The molecule has 3 aromatic carbocycles. The summed E-state index contributed by atoms with van der Waals surface area (Å²) in [6, 6.07) is 23.4. The third-order valence-corrected chi connectivity index (χ3v) is 6.37. The van der Waals surface area contributed by atoms with Gasteiger partial charge in [0.15, 0.2) is 9.84 Å². The number of aromatic amines is 1. The van der Waals surface area contributed by atoms with E-state index in [0.29, 0.717) is 11.4 Å². The molecular formula is C25H23N3O3S. The fraction of sp³-hybridized carbons (Fsp3) is 0.0800. The number of hydrogen-bond donors (Lipinski definition) is 3. The van der Waals surface area contributed by atoms with Crippen LogP contribution in [0, 0.1) is 0 Å². The van der Waals surface area contributed by atoms with E-state index in [1.165, 1.54) is 12.3 Å². The lowest BCUT2D eigenvalue weighted by Crippen LogP contribution is -2.22. The monoisotopic (exact) mass is 445 g/mol. The molecule has 0 saturated heterocycles. The highest BCUT2D eigenvalue weighted by molar-refractivity contribution is 7.90. The van der Waals surface area contributed by atoms with Crippen molar-refractivity contribution in [3.05, 3.63) is 90.6 Å². The maximum absolute atomic E-state index is 11.7. The Bertz CT molecular complexity index is 1420. The Kier molecular flexibility index (Phi) is 5.94. The fourth-order valence-corrected chi connectivity index (χ4v) is 4.17. The van der Waals surface area contributed by atoms with Gasteiger partial charge in [0.1, 0.15) is 0 Å². The van der Waals surface area contributed by atoms with Crippen LogP contribution in [0.25, 0.3) is 33.3 Å². The van der Waals surface area contributed by atoms with Crippen molar-refractivity contribution >= 4 is 26.6 Å². The van der Waals surface area contributed by atoms with Crippen LogP contribution in [0.4, 0.5) is 0 Å². The molecule has 1 aromatic heterocycles. The number of carbonyl (C=O) groups is 1. The average Bonchev–Trinajstić information content (AvgIpc) is 3.22. The number of nitrogens with one attached hydrogen (secondary N) is 2. The lowest BCUT2D eigenvalue weighted by Gasteiger charge is -2.08. The van der Waals surface area contributed by atoms with Crippen LogP contribution in [0.2, 0.25) is 0 Å². The fourth-order valence-electron chi connectivity index (χ4n) is 3.54. The number of fused-ring (bicyclic) bond motifs is 1. The Hall–Kier alpha value is -3.68. The van der Waals surface area contributed by atoms with Gasteiger partial charge in [-0.1, -0.05) is 48.5 Å². The third kappa shape index (κ3) is 4.49. The second kappa shape index (κ2) is 8.82. The van der Waals surface area contributed by atoms with Crippen molar-refractivity contribution in [3.8, 4) is 22.4 Å². The van der Waals surface area contributed by atoms with Gasteiger partial charge in [-0.25, -0.2) is 8.42 Å². The lowest BCUT2D eigenvalue weighted by atomic mass is 9.96. The van der Waals surface area contributed by atoms with Crippen LogP contribution < -0.4 is 11.1 Å². The van der Waals surface area contributed by atoms with Crippen molar-refractivity contribution in [2.75, 3.05) is 6.26 Å². The molecule has 2 heterocycles. The molecule has 5 rings (SSSR count). The molecule has 0 unspecified atom stereocenters. The summed E-state index contributed by atoms with van der Waals surface area (Å²) in [6.07, 6.45) is 4.29. The molecule has 0 spiro atoms. The number of rotatable bonds is 4. The molecule has 4 aromatic rings. The molecule has 4 N–H and O–H groups in total. The molecule has 0 atom stereocenters. The Morgan fingerprint density at radius 3 is 2.16 bits per heavy atom. The second-order valence-electron chi connectivity index (χ2n) is 7.45. The topological polar surface area (TPSA) is 105 Å². The summed E-state index contributed by atoms with van der Waals surface area (Å²) >= 11 is 0. The quantitative estimate of drug-likeness (QED) is 0.442. The Morgan fingerprint density at radius 2 is 1.56 bits per heavy atom. The van der Waals surface area contributed by atoms with Crippen molar-refractivity contribution in [2.45, 2.75) is 11.4 Å². The van der Waals surface area contributed by atoms with Crippen LogP contribution in [-0.4, -0.2) is 25.6 Å². The molecule has 1 aliphatic heterocycles. The number of H-pyrrole nitrogens is 1. The van der Waals surface area contributed by atoms with Crippen molar-refractivity contribution in [1.29, 1.82) is 0 Å². The van der Waals surface area contributed by atoms with E-state index in [2.05, 4.69) is 28.5 Å². The van der Waals surface area contributed by atoms with E-state index in [9.17, 15) is 13.2 Å². The van der Waals surface area contributed by atoms with Crippen LogP contribution in [0.15, 0.2) is 90.0 Å². The van der Waals surface area contributed by atoms with E-state index in [1.807, 2.05) is 42.5 Å². The number of carbonyl (C=O) groups excluding carboxylic acids is 1. The molecule has 32 heavy (non-hydrogen) atoms. The molecule has 0 saturated carbocycles. The highest BCUT2D eigenvalue weighted by atomic mass is 32.2. The number of sulfone groups is 1. The number of benzene rings is 3. The summed E-state index contributed by atoms with van der Waals surface area (Å²) in [4.78, 5) is 13.5. The molecule has 6 nitrogen and oxygen atoms in total. The maximum atomic E-state index is 11.7. The van der Waals surface area contributed by atoms with E-state index < -0.39 is 9.84 Å². The first-order valence-corrected chi connectivity index (χ1v) is 11.9. The summed E-state index contributed by atoms with van der Waals surface area (Å²) in [5.74, 6) is 0.00463. The van der Waals surface area contributed by atoms with Crippen molar-refractivity contribution in [2.24, 2.45) is 5.73 Å². The maximum Gasteiger partial charge on any atom is 0.249 e. The summed E-state index contributed by atoms with van der Waals surface area (Å²) in [5.41, 5.74) is 12.2. The predicted octanol–water partition coefficient (Wildman–Crippen LogP) is 3.99. The molecule has 1 aliphatic rings. The van der Waals surface area contributed by atoms with Crippen LogP contribution in [0.5, 0.6) is 0 Å². The normalized spacial score (nSPS) is 12.6. The summed E-state index contributed by atoms with van der Waals surface area (Å²) in [6.45, 7) is 0.483. The van der Waals surface area contributed by atoms with Crippen LogP contribution >= 0.6 is 0 Å². The van der Waals surface area contributed by atoms with Gasteiger partial charge in [-0.2, -0.15) is 0 Å². The minimum absolute atomic E-state index is 0.00463. The lowest BCUT2D eigenvalue weighted by molar-refractivity contribution is -0.117. The highest BCUT2D eigenvalue weighted by Crippen LogP contribution is 2.34. The van der Waals surface area contributed by atoms with Gasteiger partial charge in [0.25, 0.3) is 0 Å². The summed E-state index contributed by atoms with van der Waals surface area (Å²) in [7, 11) is -3.20. The molecule has 7 heteroatoms. The Morgan fingerprint density at radius 1 is 0.906 bits per heavy atom. The van der Waals surface area contributed by atoms with Crippen LogP contribution in [-0.2, 0) is 21.2 Å². The molecule has 1 amide bonds. The van der Waals surface area contributed by atoms with Gasteiger partial charge in [-0.05, 0) is 46.5 Å². The van der Waals surface area contributed by atoms with Crippen molar-refractivity contribution in [1.82, 2.24) is 10.3 Å². The average molecular weight is 446 g/mol. The molecular weight excluding hydrogens is 422 g/mol. The largest absolute Gasteiger partial charge is 0.355 e. The van der Waals surface area contributed by atoms with Gasteiger partial charge in [-0.15, -0.1) is 0 Å². The molecule has 0 radical (unpaired) electrons. The number of nitrogens with two attached hydrogens (primary N) is 1. The van der Waals surface area contributed by atoms with Gasteiger partial charge < -0.3 is 16.0 Å². The Balaban J connectivity index is 0.000000433. The van der Waals surface area contributed by atoms with Gasteiger partial charge in [0.2, 0.25) is 5.91 Å². The first kappa shape index (κ1) is 21.5. The summed E-state index contributed by atoms with van der Waals surface area (Å²) < 4.78 is 23.3. The number of aromatic nitrogens is 1. The zero-order valence-corrected chi connectivity index (χ0v) is 18.3. The van der Waals surface area contributed by atoms with E-state index >= 15 is 0 Å². The third-order valence-electron chi connectivity index (χ3n) is 5.25. The predicted molar refractivity (Wildman–Crippen MR) is 127 cm³/mol. The number of amides is 1. The van der Waals surface area contributed by atoms with E-state index in [-0.39, 0.29) is 5.91 Å². The zero-order chi connectivity index (χ0) is 22.7. The molecule has 0 bridgehead atoms. The van der Waals surface area contributed by atoms with E-state index in [1.54, 1.807) is 18.3 Å². The first-order chi connectivity index (χ1) is 15.4. The molecule has 0 fully saturated rings. The zero-order valence-electron chi connectivity index (χ0n) is 17.5. The minimum atomic E-state index is -3.20. The second-order valence-corrected chi connectivity index (χ2v) is 9.47. The van der Waals surface area contributed by atoms with Gasteiger partial charge >= 0.3 is 0 Å². The minimum Gasteiger partial charge on any atom is -0.355 e. The van der Waals surface area contributed by atoms with Crippen LogP contribution in [0.1, 0.15) is 5.56 Å². The van der Waals surface area contributed by atoms with Crippen molar-refractivity contribution in [3.63, 3.8) is 0 Å². The standard InChI is InChI=1S/C22H20N2O2S.C3H3NO/c1-27(25,26)17-11-9-15(10-12-17)22-13-20-19(7-4-8-21(20)24-22)18-6-3-2-5-16(18)14-23;5-3-1-2-4-3/h2-13,24H,14,23H2,1H3;1-2H,(H,4,5). The van der Waals surface area contributed by atoms with Crippen LogP contribution in [0.3, 0.4) is 0 Å². The van der Waals surface area contributed by atoms with E-state index in [4.69, 9.17) is 5.73 Å². The van der Waals surface area contributed by atoms with Gasteiger partial charge in [0.05, 0.1) is 4.90 Å².